The van der Waals surface area contributed by atoms with Gasteiger partial charge < -0.3 is 9.25 Å². The smallest absolute Gasteiger partial charge is 0.337 e. The number of nitrogens with zero attached hydrogens (tertiary/aromatic N) is 2. The number of aromatic amines is 1. The van der Waals surface area contributed by atoms with Crippen LogP contribution in [0.15, 0.2) is 25.2 Å². The number of oxime groups is 1. The van der Waals surface area contributed by atoms with E-state index in [4.69, 9.17) is 9.25 Å². The number of aryl methyl sites for hydroxylation is 1. The largest absolute Gasteiger partial charge is 0.403 e. The van der Waals surface area contributed by atoms with Crippen LogP contribution in [0.3, 0.4) is 0 Å². The Kier molecular flexibility index (Phi) is 4.38. The van der Waals surface area contributed by atoms with Gasteiger partial charge in [-0.05, 0) is 43.6 Å². The molecule has 2 aliphatic carbocycles. The molecule has 2 fully saturated rings. The van der Waals surface area contributed by atoms with Crippen LogP contribution in [0.5, 0.6) is 6.01 Å². The van der Waals surface area contributed by atoms with Crippen LogP contribution in [0.2, 0.25) is 0 Å². The molecule has 7 heteroatoms. The third-order valence-corrected chi connectivity index (χ3v) is 5.16. The van der Waals surface area contributed by atoms with Gasteiger partial charge in [0.2, 0.25) is 5.71 Å². The van der Waals surface area contributed by atoms with Crippen LogP contribution < -0.4 is 16.0 Å². The lowest BCUT2D eigenvalue weighted by atomic mass is 9.97. The number of fused-ring (bicyclic) bond motifs is 1. The second-order valence-electron chi connectivity index (χ2n) is 6.93. The molecule has 0 atom stereocenters. The van der Waals surface area contributed by atoms with Gasteiger partial charge >= 0.3 is 11.6 Å². The highest BCUT2D eigenvalue weighted by Crippen LogP contribution is 2.29. The molecule has 2 aromatic heterocycles. The maximum atomic E-state index is 12.5. The lowest BCUT2D eigenvalue weighted by Gasteiger charge is -2.12. The fraction of sp³-hybridized carbons (Fsp3) is 0.556. The summed E-state index contributed by atoms with van der Waals surface area (Å²) in [5.41, 5.74) is 0.794. The van der Waals surface area contributed by atoms with Crippen molar-refractivity contribution < 1.29 is 9.25 Å². The van der Waals surface area contributed by atoms with E-state index in [1.807, 2.05) is 0 Å². The van der Waals surface area contributed by atoms with Gasteiger partial charge in [0, 0.05) is 6.07 Å². The second kappa shape index (κ2) is 6.82. The van der Waals surface area contributed by atoms with Crippen LogP contribution in [0, 0.1) is 5.92 Å². The van der Waals surface area contributed by atoms with Gasteiger partial charge in [-0.25, -0.2) is 4.79 Å². The van der Waals surface area contributed by atoms with E-state index >= 15 is 0 Å². The van der Waals surface area contributed by atoms with Gasteiger partial charge in [0.05, 0.1) is 5.71 Å². The second-order valence-corrected chi connectivity index (χ2v) is 6.93. The molecule has 132 valence electrons. The van der Waals surface area contributed by atoms with Gasteiger partial charge in [0.15, 0.2) is 0 Å². The first-order valence-electron chi connectivity index (χ1n) is 8.99. The van der Waals surface area contributed by atoms with Gasteiger partial charge in [0.25, 0.3) is 5.56 Å². The summed E-state index contributed by atoms with van der Waals surface area (Å²) in [6.07, 6.45) is 9.56. The fourth-order valence-electron chi connectivity index (χ4n) is 3.56. The zero-order valence-electron chi connectivity index (χ0n) is 14.0. The minimum Gasteiger partial charge on any atom is -0.403 e. The van der Waals surface area contributed by atoms with Crippen molar-refractivity contribution >= 4 is 16.8 Å². The molecule has 2 heterocycles. The predicted octanol–water partition coefficient (Wildman–Crippen LogP) is 2.92. The Hall–Kier alpha value is -2.44. The molecule has 2 aromatic rings. The number of aromatic nitrogens is 2. The van der Waals surface area contributed by atoms with Crippen molar-refractivity contribution in [2.24, 2.45) is 11.1 Å². The minimum absolute atomic E-state index is 0.0153. The zero-order valence-corrected chi connectivity index (χ0v) is 14.0. The quantitative estimate of drug-likeness (QED) is 0.842. The van der Waals surface area contributed by atoms with Crippen LogP contribution >= 0.6 is 0 Å². The number of nitrogens with one attached hydrogen (secondary N) is 1. The third-order valence-electron chi connectivity index (χ3n) is 5.16. The molecular weight excluding hydrogens is 322 g/mol. The lowest BCUT2D eigenvalue weighted by Crippen LogP contribution is -2.16. The van der Waals surface area contributed by atoms with Crippen molar-refractivity contribution in [1.29, 1.82) is 0 Å². The Morgan fingerprint density at radius 1 is 1.24 bits per heavy atom. The maximum absolute atomic E-state index is 12.5. The van der Waals surface area contributed by atoms with Crippen LogP contribution in [-0.2, 0) is 6.42 Å². The first-order valence-corrected chi connectivity index (χ1v) is 8.99. The minimum atomic E-state index is -0.497. The van der Waals surface area contributed by atoms with E-state index in [0.717, 1.165) is 31.4 Å². The summed E-state index contributed by atoms with van der Waals surface area (Å²) < 4.78 is 5.13. The van der Waals surface area contributed by atoms with Gasteiger partial charge in [-0.15, -0.1) is 0 Å². The van der Waals surface area contributed by atoms with Gasteiger partial charge in [0.1, 0.15) is 5.39 Å². The van der Waals surface area contributed by atoms with E-state index in [9.17, 15) is 9.59 Å². The van der Waals surface area contributed by atoms with Crippen LogP contribution in [0.1, 0.15) is 56.9 Å². The molecule has 1 N–H and O–H groups in total. The van der Waals surface area contributed by atoms with E-state index in [1.54, 1.807) is 0 Å². The average molecular weight is 343 g/mol. The molecule has 0 spiro atoms. The summed E-state index contributed by atoms with van der Waals surface area (Å²) in [5.74, 6) is 0.676. The summed E-state index contributed by atoms with van der Waals surface area (Å²) in [5, 5.41) is 4.28. The van der Waals surface area contributed by atoms with Crippen molar-refractivity contribution in [2.45, 2.75) is 57.8 Å². The molecule has 7 nitrogen and oxygen atoms in total. The maximum Gasteiger partial charge on any atom is 0.337 e. The van der Waals surface area contributed by atoms with Crippen molar-refractivity contribution in [3.05, 3.63) is 32.4 Å². The molecule has 25 heavy (non-hydrogen) atoms. The highest BCUT2D eigenvalue weighted by atomic mass is 16.6. The van der Waals surface area contributed by atoms with Crippen LogP contribution in [0.4, 0.5) is 0 Å². The Balaban J connectivity index is 1.63. The number of H-pyrrole nitrogens is 1. The van der Waals surface area contributed by atoms with E-state index in [-0.39, 0.29) is 17.3 Å². The summed E-state index contributed by atoms with van der Waals surface area (Å²) in [6, 6.07) is 1.36. The SMILES string of the molecule is O=c1cc(CCC2CCCC2)c2c(=O)[nH]c(ON=C3CCC3)nc2o1. The normalized spacial score (nSPS) is 17.7. The first kappa shape index (κ1) is 16.1. The van der Waals surface area contributed by atoms with E-state index in [1.165, 1.54) is 31.7 Å². The van der Waals surface area contributed by atoms with Crippen molar-refractivity contribution in [1.82, 2.24) is 9.97 Å². The summed E-state index contributed by atoms with van der Waals surface area (Å²) in [6.45, 7) is 0. The van der Waals surface area contributed by atoms with E-state index < -0.39 is 5.63 Å². The van der Waals surface area contributed by atoms with Gasteiger partial charge in [-0.2, -0.15) is 4.98 Å². The Morgan fingerprint density at radius 3 is 2.76 bits per heavy atom. The van der Waals surface area contributed by atoms with Crippen LogP contribution in [0.25, 0.3) is 11.1 Å². The van der Waals surface area contributed by atoms with Gasteiger partial charge in [-0.1, -0.05) is 30.8 Å². The van der Waals surface area contributed by atoms with E-state index in [2.05, 4.69) is 15.1 Å². The molecule has 0 radical (unpaired) electrons. The topological polar surface area (TPSA) is 97.5 Å². The molecule has 0 saturated heterocycles. The van der Waals surface area contributed by atoms with Gasteiger partial charge in [-0.3, -0.25) is 9.78 Å². The Bertz CT molecular complexity index is 916. The molecule has 0 unspecified atom stereocenters. The summed E-state index contributed by atoms with van der Waals surface area (Å²) in [4.78, 5) is 36.2. The molecule has 2 aliphatic rings. The number of hydrogen-bond acceptors (Lipinski definition) is 6. The average Bonchev–Trinajstić information content (AvgIpc) is 3.04. The predicted molar refractivity (Wildman–Crippen MR) is 93.1 cm³/mol. The molecule has 2 saturated carbocycles. The standard InChI is InChI=1S/C18H21N3O4/c22-14-10-12(9-8-11-4-1-2-5-11)15-16(23)19-18(20-17(15)24-14)25-21-13-6-3-7-13/h10-11H,1-9H2,(H,19,20,23). The summed E-state index contributed by atoms with van der Waals surface area (Å²) in [7, 11) is 0. The first-order chi connectivity index (χ1) is 12.2. The van der Waals surface area contributed by atoms with Crippen molar-refractivity contribution in [3.8, 4) is 6.01 Å². The highest BCUT2D eigenvalue weighted by Gasteiger charge is 2.18. The number of hydrogen-bond donors (Lipinski definition) is 1. The Morgan fingerprint density at radius 2 is 2.04 bits per heavy atom. The highest BCUT2D eigenvalue weighted by molar-refractivity contribution is 5.88. The molecule has 0 amide bonds. The molecular formula is C18H21N3O4. The fourth-order valence-corrected chi connectivity index (χ4v) is 3.56. The van der Waals surface area contributed by atoms with Crippen LogP contribution in [-0.4, -0.2) is 15.7 Å². The third kappa shape index (κ3) is 3.50. The van der Waals surface area contributed by atoms with E-state index in [0.29, 0.717) is 23.3 Å². The number of rotatable bonds is 5. The Labute approximate surface area is 144 Å². The zero-order chi connectivity index (χ0) is 17.2. The molecule has 0 bridgehead atoms. The molecule has 0 aliphatic heterocycles. The van der Waals surface area contributed by atoms with Crippen molar-refractivity contribution in [2.75, 3.05) is 0 Å². The summed E-state index contributed by atoms with van der Waals surface area (Å²) >= 11 is 0. The monoisotopic (exact) mass is 343 g/mol. The van der Waals surface area contributed by atoms with Crippen molar-refractivity contribution in [3.63, 3.8) is 0 Å². The molecule has 0 aromatic carbocycles. The lowest BCUT2D eigenvalue weighted by molar-refractivity contribution is 0.306. The molecule has 4 rings (SSSR count).